The van der Waals surface area contributed by atoms with Crippen LogP contribution in [-0.4, -0.2) is 41.7 Å². The van der Waals surface area contributed by atoms with Gasteiger partial charge < -0.3 is 19.5 Å². The van der Waals surface area contributed by atoms with Crippen molar-refractivity contribution >= 4 is 17.0 Å². The van der Waals surface area contributed by atoms with Gasteiger partial charge in [-0.15, -0.1) is 0 Å². The quantitative estimate of drug-likeness (QED) is 0.714. The van der Waals surface area contributed by atoms with Crippen LogP contribution in [0.5, 0.6) is 0 Å². The number of nitrogens with zero attached hydrogens (tertiary/aromatic N) is 2. The maximum absolute atomic E-state index is 12.2. The summed E-state index contributed by atoms with van der Waals surface area (Å²) in [6.45, 7) is 1.96. The van der Waals surface area contributed by atoms with Crippen molar-refractivity contribution in [3.63, 3.8) is 0 Å². The Morgan fingerprint density at radius 2 is 1.97 bits per heavy atom. The molecule has 1 N–H and O–H groups in total. The zero-order chi connectivity index (χ0) is 20.7. The van der Waals surface area contributed by atoms with Crippen LogP contribution in [0.4, 0.5) is 4.79 Å². The Morgan fingerprint density at radius 3 is 2.80 bits per heavy atom. The van der Waals surface area contributed by atoms with Crippen LogP contribution in [0, 0.1) is 5.92 Å². The third-order valence-corrected chi connectivity index (χ3v) is 6.87. The summed E-state index contributed by atoms with van der Waals surface area (Å²) in [6.07, 6.45) is 4.17. The molecule has 5 heteroatoms. The van der Waals surface area contributed by atoms with Gasteiger partial charge in [-0.05, 0) is 48.6 Å². The van der Waals surface area contributed by atoms with E-state index in [9.17, 15) is 4.79 Å². The van der Waals surface area contributed by atoms with Crippen LogP contribution in [-0.2, 0) is 24.8 Å². The van der Waals surface area contributed by atoms with Crippen LogP contribution < -0.4 is 5.32 Å². The number of aryl methyl sites for hydroxylation is 1. The lowest BCUT2D eigenvalue weighted by atomic mass is 9.72. The number of carbonyl (C=O) groups excluding carboxylic acids is 1. The van der Waals surface area contributed by atoms with Crippen molar-refractivity contribution in [1.82, 2.24) is 14.8 Å². The van der Waals surface area contributed by atoms with Gasteiger partial charge in [-0.25, -0.2) is 4.79 Å². The van der Waals surface area contributed by atoms with E-state index in [2.05, 4.69) is 53.3 Å². The number of aromatic nitrogens is 1. The highest BCUT2D eigenvalue weighted by Crippen LogP contribution is 2.44. The number of hydrogen-bond acceptors (Lipinski definition) is 3. The number of alkyl carbamates (subject to hydrolysis) is 1. The molecule has 2 heterocycles. The molecule has 1 unspecified atom stereocenters. The predicted octanol–water partition coefficient (Wildman–Crippen LogP) is 4.06. The summed E-state index contributed by atoms with van der Waals surface area (Å²) in [5, 5.41) is 4.44. The molecule has 0 radical (unpaired) electrons. The van der Waals surface area contributed by atoms with Crippen LogP contribution >= 0.6 is 0 Å². The van der Waals surface area contributed by atoms with Crippen molar-refractivity contribution in [3.05, 3.63) is 71.4 Å². The van der Waals surface area contributed by atoms with Crippen molar-refractivity contribution in [3.8, 4) is 0 Å². The molecule has 30 heavy (non-hydrogen) atoms. The smallest absolute Gasteiger partial charge is 0.407 e. The van der Waals surface area contributed by atoms with Gasteiger partial charge in [-0.3, -0.25) is 0 Å². The second-order valence-electron chi connectivity index (χ2n) is 8.87. The minimum Gasteiger partial charge on any atom is -0.445 e. The average Bonchev–Trinajstić information content (AvgIpc) is 3.09. The molecule has 1 aliphatic carbocycles. The van der Waals surface area contributed by atoms with Gasteiger partial charge in [-0.2, -0.15) is 0 Å². The maximum atomic E-state index is 12.2. The number of carbonyl (C=O) groups is 1. The van der Waals surface area contributed by atoms with E-state index < -0.39 is 0 Å². The van der Waals surface area contributed by atoms with Gasteiger partial charge in [0.25, 0.3) is 0 Å². The lowest BCUT2D eigenvalue weighted by Gasteiger charge is -2.45. The monoisotopic (exact) mass is 403 g/mol. The number of benzene rings is 2. The summed E-state index contributed by atoms with van der Waals surface area (Å²) >= 11 is 0. The van der Waals surface area contributed by atoms with Crippen LogP contribution in [0.25, 0.3) is 10.9 Å². The lowest BCUT2D eigenvalue weighted by molar-refractivity contribution is 0.104. The molecule has 3 atom stereocenters. The number of likely N-dealkylation sites (N-methyl/N-ethyl adjacent to an activating group) is 1. The molecular formula is C25H29N3O2. The fourth-order valence-corrected chi connectivity index (χ4v) is 5.48. The average molecular weight is 404 g/mol. The fourth-order valence-electron chi connectivity index (χ4n) is 5.48. The summed E-state index contributed by atoms with van der Waals surface area (Å²) in [7, 11) is 4.37. The predicted molar refractivity (Wildman–Crippen MR) is 119 cm³/mol. The molecule has 1 saturated heterocycles. The van der Waals surface area contributed by atoms with Gasteiger partial charge in [-0.1, -0.05) is 42.5 Å². The van der Waals surface area contributed by atoms with E-state index in [4.69, 9.17) is 4.74 Å². The Balaban J connectivity index is 1.25. The number of piperidine rings is 1. The maximum Gasteiger partial charge on any atom is 0.407 e. The summed E-state index contributed by atoms with van der Waals surface area (Å²) in [5.41, 5.74) is 5.27. The highest BCUT2D eigenvalue weighted by molar-refractivity contribution is 5.89. The van der Waals surface area contributed by atoms with E-state index in [1.807, 2.05) is 30.3 Å². The van der Waals surface area contributed by atoms with E-state index in [0.717, 1.165) is 24.9 Å². The van der Waals surface area contributed by atoms with Crippen LogP contribution in [0.3, 0.4) is 0 Å². The van der Waals surface area contributed by atoms with Crippen LogP contribution in [0.15, 0.2) is 54.7 Å². The number of likely N-dealkylation sites (tertiary alicyclic amines) is 1. The number of amides is 1. The molecule has 156 valence electrons. The second-order valence-corrected chi connectivity index (χ2v) is 8.87. The highest BCUT2D eigenvalue weighted by Gasteiger charge is 2.39. The first-order valence-electron chi connectivity index (χ1n) is 10.8. The molecule has 0 saturated carbocycles. The molecule has 2 aliphatic rings. The summed E-state index contributed by atoms with van der Waals surface area (Å²) in [4.78, 5) is 14.7. The summed E-state index contributed by atoms with van der Waals surface area (Å²) in [5.74, 6) is 0.926. The topological polar surface area (TPSA) is 46.5 Å². The fraction of sp³-hybridized carbons (Fsp3) is 0.400. The van der Waals surface area contributed by atoms with Gasteiger partial charge in [0.1, 0.15) is 6.61 Å². The number of rotatable bonds is 4. The van der Waals surface area contributed by atoms with Gasteiger partial charge in [0.15, 0.2) is 0 Å². The van der Waals surface area contributed by atoms with Crippen molar-refractivity contribution in [2.24, 2.45) is 13.0 Å². The second kappa shape index (κ2) is 7.80. The molecule has 5 rings (SSSR count). The van der Waals surface area contributed by atoms with Crippen molar-refractivity contribution in [2.45, 2.75) is 31.4 Å². The van der Waals surface area contributed by atoms with E-state index >= 15 is 0 Å². The summed E-state index contributed by atoms with van der Waals surface area (Å²) in [6, 6.07) is 17.0. The third kappa shape index (κ3) is 3.47. The Hall–Kier alpha value is -2.79. The molecule has 1 amide bonds. The molecule has 0 spiro atoms. The molecule has 1 fully saturated rings. The number of hydrogen-bond donors (Lipinski definition) is 1. The Kier molecular flexibility index (Phi) is 4.99. The minimum atomic E-state index is -0.334. The van der Waals surface area contributed by atoms with Crippen molar-refractivity contribution in [2.75, 3.05) is 20.1 Å². The highest BCUT2D eigenvalue weighted by atomic mass is 16.5. The minimum absolute atomic E-state index is 0.306. The number of ether oxygens (including phenoxy) is 1. The molecule has 2 aromatic carbocycles. The van der Waals surface area contributed by atoms with E-state index in [1.54, 1.807) is 0 Å². The van der Waals surface area contributed by atoms with Gasteiger partial charge in [0.05, 0.1) is 0 Å². The first-order valence-corrected chi connectivity index (χ1v) is 10.8. The lowest BCUT2D eigenvalue weighted by Crippen LogP contribution is -2.50. The first kappa shape index (κ1) is 19.2. The molecular weight excluding hydrogens is 374 g/mol. The van der Waals surface area contributed by atoms with Crippen molar-refractivity contribution < 1.29 is 9.53 Å². The molecule has 1 aliphatic heterocycles. The van der Waals surface area contributed by atoms with Crippen LogP contribution in [0.2, 0.25) is 0 Å². The molecule has 1 aromatic heterocycles. The Morgan fingerprint density at radius 1 is 1.13 bits per heavy atom. The Bertz CT molecular complexity index is 1060. The van der Waals surface area contributed by atoms with Gasteiger partial charge in [0.2, 0.25) is 0 Å². The zero-order valence-corrected chi connectivity index (χ0v) is 17.7. The Labute approximate surface area is 177 Å². The molecule has 5 nitrogen and oxygen atoms in total. The van der Waals surface area contributed by atoms with E-state index in [-0.39, 0.29) is 6.09 Å². The van der Waals surface area contributed by atoms with Gasteiger partial charge >= 0.3 is 6.09 Å². The number of fused-ring (bicyclic) bond motifs is 2. The zero-order valence-electron chi connectivity index (χ0n) is 17.7. The van der Waals surface area contributed by atoms with Gasteiger partial charge in [0, 0.05) is 49.2 Å². The standard InChI is InChI=1S/C25H29N3O2/c1-27-14-18(13-26-25(29)30-16-17-7-4-3-5-8-17)11-21-20-9-6-10-22-24(20)19(12-23(21)27)15-28(22)2/h3-10,15,18,21,23H,11-14,16H2,1-2H3,(H,26,29)/t18?,21-,23-/m1/s1. The largest absolute Gasteiger partial charge is 0.445 e. The molecule has 0 bridgehead atoms. The number of nitrogens with one attached hydrogen (secondary N) is 1. The van der Waals surface area contributed by atoms with E-state index in [1.165, 1.54) is 22.0 Å². The van der Waals surface area contributed by atoms with Crippen LogP contribution in [0.1, 0.15) is 29.0 Å². The SMILES string of the molecule is CN1CC(CNC(=O)OCc2ccccc2)C[C@@H]2c3cccc4c3c(cn4C)C[C@H]21. The third-order valence-electron chi connectivity index (χ3n) is 6.87. The van der Waals surface area contributed by atoms with Crippen molar-refractivity contribution in [1.29, 1.82) is 0 Å². The van der Waals surface area contributed by atoms with E-state index in [0.29, 0.717) is 31.0 Å². The normalized spacial score (nSPS) is 23.2. The first-order chi connectivity index (χ1) is 14.6. The molecule has 3 aromatic rings. The summed E-state index contributed by atoms with van der Waals surface area (Å²) < 4.78 is 7.64.